The van der Waals surface area contributed by atoms with Crippen LogP contribution in [0.15, 0.2) is 42.5 Å². The van der Waals surface area contributed by atoms with Crippen LogP contribution < -0.4 is 15.4 Å². The van der Waals surface area contributed by atoms with Crippen LogP contribution >= 0.6 is 36.4 Å². The van der Waals surface area contributed by atoms with Crippen molar-refractivity contribution in [1.29, 1.82) is 0 Å². The number of carbonyl (C=O) groups is 4. The van der Waals surface area contributed by atoms with Gasteiger partial charge < -0.3 is 35.8 Å². The zero-order valence-electron chi connectivity index (χ0n) is 37.1. The first-order valence-corrected chi connectivity index (χ1v) is 21.8. The summed E-state index contributed by atoms with van der Waals surface area (Å²) in [7, 11) is 0. The molecule has 11 nitrogen and oxygen atoms in total. The zero-order chi connectivity index (χ0) is 44.7. The summed E-state index contributed by atoms with van der Waals surface area (Å²) in [5.41, 5.74) is -0.264. The molecule has 2 aromatic carbocycles. The summed E-state index contributed by atoms with van der Waals surface area (Å²) >= 11 is 6.31. The van der Waals surface area contributed by atoms with Crippen LogP contribution in [0.4, 0.5) is 0 Å². The Labute approximate surface area is 387 Å². The van der Waals surface area contributed by atoms with E-state index in [-0.39, 0.29) is 37.7 Å². The molecule has 0 atom stereocenters. The van der Waals surface area contributed by atoms with E-state index in [9.17, 15) is 19.2 Å². The summed E-state index contributed by atoms with van der Waals surface area (Å²) in [6.07, 6.45) is 18.5. The number of hydrogen-bond donors (Lipinski definition) is 6. The van der Waals surface area contributed by atoms with Gasteiger partial charge in [0.2, 0.25) is 0 Å². The highest BCUT2D eigenvalue weighted by molar-refractivity contribution is 6.32. The number of hydrogen-bond acceptors (Lipinski definition) is 7. The van der Waals surface area contributed by atoms with Crippen molar-refractivity contribution in [3.63, 3.8) is 0 Å². The Bertz CT molecular complexity index is 1690. The van der Waals surface area contributed by atoms with E-state index in [0.29, 0.717) is 43.6 Å². The highest BCUT2D eigenvalue weighted by Crippen LogP contribution is 2.26. The van der Waals surface area contributed by atoms with Crippen molar-refractivity contribution in [3.8, 4) is 29.4 Å². The van der Waals surface area contributed by atoms with Crippen molar-refractivity contribution in [2.24, 2.45) is 10.8 Å². The molecule has 14 heteroatoms. The Hall–Kier alpha value is -3.97. The van der Waals surface area contributed by atoms with E-state index in [1.54, 1.807) is 0 Å². The Morgan fingerprint density at radius 2 is 0.952 bits per heavy atom. The highest BCUT2D eigenvalue weighted by Gasteiger charge is 2.41. The molecule has 0 aliphatic rings. The van der Waals surface area contributed by atoms with Crippen LogP contribution in [0.2, 0.25) is 5.02 Å². The second-order valence-electron chi connectivity index (χ2n) is 15.6. The molecule has 0 aromatic heterocycles. The SMILES string of the molecule is CCCCCCCCCOc1ccc(CNCC#CCC(C)(C(=O)O)C(=O)O)cc1Cl.CCCCCCCCCc1ccc(CNCC#CCC(C)(C(=O)O)C(=O)O)cc1.Cl.Cl. The number of rotatable bonds is 29. The topological polar surface area (TPSA) is 182 Å². The van der Waals surface area contributed by atoms with Gasteiger partial charge in [-0.25, -0.2) is 0 Å². The average Bonchev–Trinajstić information content (AvgIpc) is 3.22. The number of aliphatic carboxylic acids is 4. The van der Waals surface area contributed by atoms with Gasteiger partial charge in [0.05, 0.1) is 24.7 Å². The molecule has 2 aromatic rings. The van der Waals surface area contributed by atoms with Crippen molar-refractivity contribution in [2.45, 2.75) is 150 Å². The first kappa shape index (κ1) is 60.1. The Morgan fingerprint density at radius 3 is 1.39 bits per heavy atom. The monoisotopic (exact) mass is 924 g/mol. The van der Waals surface area contributed by atoms with Crippen molar-refractivity contribution in [2.75, 3.05) is 19.7 Å². The van der Waals surface area contributed by atoms with Gasteiger partial charge in [-0.1, -0.05) is 145 Å². The van der Waals surface area contributed by atoms with Crippen molar-refractivity contribution >= 4 is 60.3 Å². The molecule has 0 amide bonds. The fourth-order valence-electron chi connectivity index (χ4n) is 5.75. The van der Waals surface area contributed by atoms with Crippen molar-refractivity contribution < 1.29 is 44.3 Å². The number of halogens is 3. The third-order valence-electron chi connectivity index (χ3n) is 10.2. The maximum absolute atomic E-state index is 11.1. The molecular weight excluding hydrogens is 855 g/mol. The van der Waals surface area contributed by atoms with Gasteiger partial charge in [-0.3, -0.25) is 19.2 Å². The number of nitrogens with one attached hydrogen (secondary N) is 2. The largest absolute Gasteiger partial charge is 0.492 e. The van der Waals surface area contributed by atoms with Gasteiger partial charge in [-0.15, -0.1) is 36.7 Å². The van der Waals surface area contributed by atoms with Gasteiger partial charge in [-0.05, 0) is 61.9 Å². The number of benzene rings is 2. The van der Waals surface area contributed by atoms with Crippen LogP contribution in [0.25, 0.3) is 0 Å². The lowest BCUT2D eigenvalue weighted by molar-refractivity contribution is -0.164. The van der Waals surface area contributed by atoms with Gasteiger partial charge in [0.15, 0.2) is 10.8 Å². The zero-order valence-corrected chi connectivity index (χ0v) is 39.5. The van der Waals surface area contributed by atoms with E-state index in [1.165, 1.54) is 96.0 Å². The molecule has 0 spiro atoms. The predicted octanol–water partition coefficient (Wildman–Crippen LogP) is 10.6. The lowest BCUT2D eigenvalue weighted by Gasteiger charge is -2.15. The fraction of sp³-hybridized carbons (Fsp3) is 0.583. The smallest absolute Gasteiger partial charge is 0.321 e. The van der Waals surface area contributed by atoms with Crippen LogP contribution in [-0.2, 0) is 38.7 Å². The first-order valence-electron chi connectivity index (χ1n) is 21.5. The molecule has 0 bridgehead atoms. The van der Waals surface area contributed by atoms with Crippen LogP contribution in [0.3, 0.4) is 0 Å². The van der Waals surface area contributed by atoms with Crippen LogP contribution in [-0.4, -0.2) is 64.0 Å². The Kier molecular flexibility index (Phi) is 34.4. The molecule has 0 aliphatic heterocycles. The van der Waals surface area contributed by atoms with E-state index in [1.807, 2.05) is 18.2 Å². The minimum absolute atomic E-state index is 0. The molecule has 0 unspecified atom stereocenters. The number of carboxylic acid groups (broad SMARTS) is 4. The highest BCUT2D eigenvalue weighted by atomic mass is 35.5. The van der Waals surface area contributed by atoms with Crippen LogP contribution in [0.1, 0.15) is 147 Å². The molecule has 0 saturated heterocycles. The molecule has 0 radical (unpaired) electrons. The summed E-state index contributed by atoms with van der Waals surface area (Å²) in [5, 5.41) is 43.0. The molecule has 0 heterocycles. The van der Waals surface area contributed by atoms with Crippen LogP contribution in [0.5, 0.6) is 5.75 Å². The molecule has 62 heavy (non-hydrogen) atoms. The minimum Gasteiger partial charge on any atom is -0.492 e. The summed E-state index contributed by atoms with van der Waals surface area (Å²) in [5.74, 6) is 5.97. The quantitative estimate of drug-likeness (QED) is 0.0259. The average molecular weight is 926 g/mol. The van der Waals surface area contributed by atoms with Gasteiger partial charge >= 0.3 is 23.9 Å². The Morgan fingerprint density at radius 1 is 0.565 bits per heavy atom. The third-order valence-corrected chi connectivity index (χ3v) is 10.5. The number of aryl methyl sites for hydroxylation is 1. The predicted molar refractivity (Wildman–Crippen MR) is 253 cm³/mol. The third kappa shape index (κ3) is 25.2. The lowest BCUT2D eigenvalue weighted by Crippen LogP contribution is -2.35. The summed E-state index contributed by atoms with van der Waals surface area (Å²) < 4.78 is 5.78. The summed E-state index contributed by atoms with van der Waals surface area (Å²) in [6, 6.07) is 14.2. The van der Waals surface area contributed by atoms with E-state index in [4.69, 9.17) is 36.8 Å². The second-order valence-corrected chi connectivity index (χ2v) is 16.0. The van der Waals surface area contributed by atoms with Gasteiger partial charge in [0.1, 0.15) is 5.75 Å². The molecule has 0 saturated carbocycles. The summed E-state index contributed by atoms with van der Waals surface area (Å²) in [4.78, 5) is 44.3. The second kappa shape index (κ2) is 35.5. The number of carboxylic acids is 4. The Balaban J connectivity index is 0. The maximum Gasteiger partial charge on any atom is 0.321 e. The molecular formula is C48H71Cl3N2O9. The molecule has 6 N–H and O–H groups in total. The molecule has 0 aliphatic carbocycles. The van der Waals surface area contributed by atoms with E-state index in [0.717, 1.165) is 30.9 Å². The normalized spacial score (nSPS) is 10.6. The van der Waals surface area contributed by atoms with E-state index < -0.39 is 34.7 Å². The fourth-order valence-corrected chi connectivity index (χ4v) is 6.01. The lowest BCUT2D eigenvalue weighted by atomic mass is 9.87. The maximum atomic E-state index is 11.1. The number of unbranched alkanes of at least 4 members (excludes halogenated alkanes) is 12. The van der Waals surface area contributed by atoms with E-state index in [2.05, 4.69) is 72.4 Å². The van der Waals surface area contributed by atoms with Gasteiger partial charge in [0.25, 0.3) is 0 Å². The van der Waals surface area contributed by atoms with E-state index >= 15 is 0 Å². The van der Waals surface area contributed by atoms with Crippen molar-refractivity contribution in [3.05, 3.63) is 64.2 Å². The van der Waals surface area contributed by atoms with Gasteiger partial charge in [-0.2, -0.15) is 0 Å². The standard InChI is InChI=1S/C24H34ClNO5.C24H35NO4.2ClH/c1-3-4-5-6-7-8-11-16-31-21-13-12-19(17-20(21)25)18-26-15-10-9-14-24(2,22(27)28)23(29)30;1-3-4-5-6-7-8-9-12-20-13-15-21(16-14-20)19-25-18-11-10-17-24(2,22(26)27)23(28)29;;/h12-13,17,26H,3-8,11,14-16,18H2,1-2H3,(H,27,28)(H,29,30);13-16,25H,3-9,12,17-19H2,1-2H3,(H,26,27)(H,28,29);2*1H. The number of ether oxygens (including phenoxy) is 1. The molecule has 2 rings (SSSR count). The summed E-state index contributed by atoms with van der Waals surface area (Å²) in [6.45, 7) is 9.34. The molecule has 0 fully saturated rings. The minimum atomic E-state index is -1.90. The first-order chi connectivity index (χ1) is 28.7. The van der Waals surface area contributed by atoms with Gasteiger partial charge in [0, 0.05) is 25.9 Å². The molecule has 348 valence electrons. The van der Waals surface area contributed by atoms with Crippen LogP contribution in [0, 0.1) is 34.5 Å². The van der Waals surface area contributed by atoms with Crippen molar-refractivity contribution in [1.82, 2.24) is 10.6 Å².